The van der Waals surface area contributed by atoms with Gasteiger partial charge in [0.2, 0.25) is 0 Å². The summed E-state index contributed by atoms with van der Waals surface area (Å²) in [5, 5.41) is 0. The van der Waals surface area contributed by atoms with E-state index in [0.717, 1.165) is 6.61 Å². The third-order valence-corrected chi connectivity index (χ3v) is 2.19. The third kappa shape index (κ3) is 1.85. The average molecular weight is 147 g/mol. The Morgan fingerprint density at radius 3 is 2.89 bits per heavy atom. The third-order valence-electron chi connectivity index (χ3n) is 1.82. The van der Waals surface area contributed by atoms with E-state index in [-0.39, 0.29) is 0 Å². The summed E-state index contributed by atoms with van der Waals surface area (Å²) in [5.74, 6) is 0. The molecule has 0 aromatic rings. The zero-order valence-corrected chi connectivity index (χ0v) is 6.78. The van der Waals surface area contributed by atoms with Crippen molar-refractivity contribution in [2.45, 2.75) is 12.5 Å². The first-order valence-electron chi connectivity index (χ1n) is 3.20. The summed E-state index contributed by atoms with van der Waals surface area (Å²) in [4.78, 5) is 2.32. The largest absolute Gasteiger partial charge is 0.314 e. The van der Waals surface area contributed by atoms with Crippen molar-refractivity contribution in [3.05, 3.63) is 0 Å². The van der Waals surface area contributed by atoms with Crippen LogP contribution in [0.25, 0.3) is 0 Å². The maximum atomic E-state index is 5.18. The molecular formula is C6H13NOS. The molecule has 0 aromatic heterocycles. The van der Waals surface area contributed by atoms with Gasteiger partial charge in [-0.25, -0.2) is 0 Å². The van der Waals surface area contributed by atoms with Gasteiger partial charge < -0.3 is 9.08 Å². The van der Waals surface area contributed by atoms with Gasteiger partial charge in [-0.15, -0.1) is 0 Å². The van der Waals surface area contributed by atoms with Gasteiger partial charge in [-0.3, -0.25) is 0 Å². The van der Waals surface area contributed by atoms with Crippen LogP contribution in [0.5, 0.6) is 0 Å². The molecule has 2 nitrogen and oxygen atoms in total. The van der Waals surface area contributed by atoms with E-state index < -0.39 is 0 Å². The average Bonchev–Trinajstić information content (AvgIpc) is 1.86. The minimum absolute atomic E-state index is 0.692. The minimum atomic E-state index is 0.692. The fraction of sp³-hybridized carbons (Fsp3) is 1.00. The molecule has 3 heteroatoms. The summed E-state index contributed by atoms with van der Waals surface area (Å²) in [7, 11) is 2.14. The Kier molecular flexibility index (Phi) is 2.82. The lowest BCUT2D eigenvalue weighted by Gasteiger charge is -2.37. The van der Waals surface area contributed by atoms with E-state index in [1.165, 1.54) is 25.0 Å². The molecular weight excluding hydrogens is 134 g/mol. The number of hydrogen-bond donors (Lipinski definition) is 0. The lowest BCUT2D eigenvalue weighted by Crippen LogP contribution is -2.47. The molecule has 0 saturated carbocycles. The molecule has 0 aromatic carbocycles. The Hall–Kier alpha value is 0.270. The van der Waals surface area contributed by atoms with Gasteiger partial charge in [0.05, 0.1) is 6.61 Å². The molecule has 1 rings (SSSR count). The van der Waals surface area contributed by atoms with E-state index in [0.29, 0.717) is 6.04 Å². The molecule has 1 saturated heterocycles. The molecule has 54 valence electrons. The van der Waals surface area contributed by atoms with Crippen molar-refractivity contribution in [1.29, 1.82) is 0 Å². The molecule has 1 unspecified atom stereocenters. The lowest BCUT2D eigenvalue weighted by molar-refractivity contribution is 0.0852. The number of likely N-dealkylation sites (N-methyl/N-ethyl adjacent to an activating group) is 1. The van der Waals surface area contributed by atoms with Gasteiger partial charge >= 0.3 is 0 Å². The quantitative estimate of drug-likeness (QED) is 0.552. The first-order valence-corrected chi connectivity index (χ1v) is 4.35. The van der Waals surface area contributed by atoms with Crippen LogP contribution in [0.2, 0.25) is 0 Å². The van der Waals surface area contributed by atoms with Crippen molar-refractivity contribution in [3.8, 4) is 0 Å². The summed E-state index contributed by atoms with van der Waals surface area (Å²) in [6.07, 6.45) is 3.26. The van der Waals surface area contributed by atoms with Crippen LogP contribution in [0.4, 0.5) is 0 Å². The van der Waals surface area contributed by atoms with E-state index in [1.807, 2.05) is 6.26 Å². The van der Waals surface area contributed by atoms with Crippen molar-refractivity contribution >= 4 is 12.0 Å². The van der Waals surface area contributed by atoms with E-state index >= 15 is 0 Å². The highest BCUT2D eigenvalue weighted by molar-refractivity contribution is 7.93. The molecule has 0 N–H and O–H groups in total. The van der Waals surface area contributed by atoms with E-state index in [9.17, 15) is 0 Å². The van der Waals surface area contributed by atoms with Crippen LogP contribution in [-0.4, -0.2) is 37.4 Å². The van der Waals surface area contributed by atoms with Crippen LogP contribution >= 0.6 is 12.0 Å². The van der Waals surface area contributed by atoms with E-state index in [1.54, 1.807) is 0 Å². The summed E-state index contributed by atoms with van der Waals surface area (Å²) in [6, 6.07) is 0.692. The molecule has 1 aliphatic heterocycles. The van der Waals surface area contributed by atoms with Crippen LogP contribution in [0.3, 0.4) is 0 Å². The topological polar surface area (TPSA) is 12.5 Å². The van der Waals surface area contributed by atoms with Gasteiger partial charge in [0.1, 0.15) is 0 Å². The van der Waals surface area contributed by atoms with Gasteiger partial charge in [-0.2, -0.15) is 0 Å². The maximum absolute atomic E-state index is 5.18. The fourth-order valence-electron chi connectivity index (χ4n) is 0.927. The van der Waals surface area contributed by atoms with Crippen LogP contribution in [0, 0.1) is 0 Å². The SMILES string of the molecule is CSOCC1CCN1C. The fourth-order valence-corrected chi connectivity index (χ4v) is 1.22. The van der Waals surface area contributed by atoms with Gasteiger partial charge in [-0.05, 0) is 32.1 Å². The van der Waals surface area contributed by atoms with Crippen molar-refractivity contribution in [1.82, 2.24) is 4.90 Å². The first kappa shape index (κ1) is 7.38. The monoisotopic (exact) mass is 147 g/mol. The molecule has 1 fully saturated rings. The second kappa shape index (κ2) is 3.44. The minimum Gasteiger partial charge on any atom is -0.314 e. The molecule has 1 heterocycles. The van der Waals surface area contributed by atoms with Crippen LogP contribution in [-0.2, 0) is 4.18 Å². The van der Waals surface area contributed by atoms with Crippen molar-refractivity contribution in [2.75, 3.05) is 26.5 Å². The van der Waals surface area contributed by atoms with Gasteiger partial charge in [0.15, 0.2) is 0 Å². The molecule has 9 heavy (non-hydrogen) atoms. The molecule has 0 spiro atoms. The van der Waals surface area contributed by atoms with Crippen LogP contribution in [0.1, 0.15) is 6.42 Å². The molecule has 0 amide bonds. The Morgan fingerprint density at radius 2 is 2.56 bits per heavy atom. The Labute approximate surface area is 60.8 Å². The van der Waals surface area contributed by atoms with Gasteiger partial charge in [0.25, 0.3) is 0 Å². The molecule has 0 bridgehead atoms. The predicted molar refractivity (Wildman–Crippen MR) is 40.5 cm³/mol. The number of hydrogen-bond acceptors (Lipinski definition) is 3. The second-order valence-corrected chi connectivity index (χ2v) is 2.94. The molecule has 0 radical (unpaired) electrons. The van der Waals surface area contributed by atoms with E-state index in [4.69, 9.17) is 4.18 Å². The summed E-state index contributed by atoms with van der Waals surface area (Å²) in [6.45, 7) is 2.13. The second-order valence-electron chi connectivity index (χ2n) is 2.37. The predicted octanol–water partition coefficient (Wildman–Crippen LogP) is 0.985. The van der Waals surface area contributed by atoms with E-state index in [2.05, 4.69) is 11.9 Å². The molecule has 0 aliphatic carbocycles. The standard InChI is InChI=1S/C6H13NOS/c1-7-4-3-6(7)5-8-9-2/h6H,3-5H2,1-2H3. The number of rotatable bonds is 3. The van der Waals surface area contributed by atoms with Crippen LogP contribution < -0.4 is 0 Å². The summed E-state index contributed by atoms with van der Waals surface area (Å²) < 4.78 is 5.18. The zero-order valence-electron chi connectivity index (χ0n) is 5.96. The Balaban J connectivity index is 1.99. The number of nitrogens with zero attached hydrogens (tertiary/aromatic N) is 1. The summed E-state index contributed by atoms with van der Waals surface area (Å²) in [5.41, 5.74) is 0. The number of likely N-dealkylation sites (tertiary alicyclic amines) is 1. The summed E-state index contributed by atoms with van der Waals surface area (Å²) >= 11 is 1.45. The van der Waals surface area contributed by atoms with Gasteiger partial charge in [-0.1, -0.05) is 0 Å². The highest BCUT2D eigenvalue weighted by atomic mass is 32.2. The first-order chi connectivity index (χ1) is 4.34. The van der Waals surface area contributed by atoms with Crippen molar-refractivity contribution < 1.29 is 4.18 Å². The Morgan fingerprint density at radius 1 is 1.78 bits per heavy atom. The molecule has 1 aliphatic rings. The lowest BCUT2D eigenvalue weighted by atomic mass is 10.1. The Bertz CT molecular complexity index is 89.1. The highest BCUT2D eigenvalue weighted by Crippen LogP contribution is 2.15. The van der Waals surface area contributed by atoms with Crippen LogP contribution in [0.15, 0.2) is 0 Å². The normalized spacial score (nSPS) is 28.0. The zero-order chi connectivity index (χ0) is 6.69. The highest BCUT2D eigenvalue weighted by Gasteiger charge is 2.23. The van der Waals surface area contributed by atoms with Crippen molar-refractivity contribution in [2.24, 2.45) is 0 Å². The molecule has 1 atom stereocenters. The smallest absolute Gasteiger partial charge is 0.0769 e. The van der Waals surface area contributed by atoms with Crippen molar-refractivity contribution in [3.63, 3.8) is 0 Å². The van der Waals surface area contributed by atoms with Gasteiger partial charge in [0, 0.05) is 12.3 Å². The maximum Gasteiger partial charge on any atom is 0.0769 e.